The average molecular weight is 442 g/mol. The number of amides is 2. The number of nitrogens with zero attached hydrogens (tertiary/aromatic N) is 2. The molecule has 1 aliphatic heterocycles. The van der Waals surface area contributed by atoms with Gasteiger partial charge in [-0.05, 0) is 47.0 Å². The van der Waals surface area contributed by atoms with Crippen LogP contribution >= 0.6 is 0 Å². The number of likely N-dealkylation sites (tertiary alicyclic amines) is 1. The third-order valence-corrected chi connectivity index (χ3v) is 4.62. The lowest BCUT2D eigenvalue weighted by atomic mass is 10.1. The van der Waals surface area contributed by atoms with Crippen molar-refractivity contribution in [3.8, 4) is 0 Å². The second-order valence-corrected chi connectivity index (χ2v) is 9.02. The second kappa shape index (κ2) is 14.1. The van der Waals surface area contributed by atoms with Gasteiger partial charge in [0.2, 0.25) is 5.91 Å². The van der Waals surface area contributed by atoms with E-state index >= 15 is 0 Å². The quantitative estimate of drug-likeness (QED) is 0.273. The van der Waals surface area contributed by atoms with Gasteiger partial charge in [0.1, 0.15) is 5.60 Å². The Bertz CT molecular complexity index is 567. The molecule has 0 spiro atoms. The summed E-state index contributed by atoms with van der Waals surface area (Å²) in [7, 11) is 0. The summed E-state index contributed by atoms with van der Waals surface area (Å²) in [6.45, 7) is 16.2. The van der Waals surface area contributed by atoms with Crippen LogP contribution in [-0.2, 0) is 14.3 Å². The molecule has 0 aliphatic carbocycles. The average Bonchev–Trinajstić information content (AvgIpc) is 2.69. The van der Waals surface area contributed by atoms with Crippen LogP contribution in [0.15, 0.2) is 4.99 Å². The van der Waals surface area contributed by atoms with Crippen molar-refractivity contribution in [2.75, 3.05) is 45.9 Å². The first-order valence-electron chi connectivity index (χ1n) is 11.5. The molecule has 1 heterocycles. The molecule has 0 aromatic heterocycles. The van der Waals surface area contributed by atoms with Crippen molar-refractivity contribution in [1.82, 2.24) is 20.9 Å². The largest absolute Gasteiger partial charge is 0.444 e. The van der Waals surface area contributed by atoms with Crippen LogP contribution < -0.4 is 16.0 Å². The highest BCUT2D eigenvalue weighted by atomic mass is 16.6. The molecule has 0 aromatic carbocycles. The molecule has 3 N–H and O–H groups in total. The summed E-state index contributed by atoms with van der Waals surface area (Å²) in [5.41, 5.74) is -0.481. The van der Waals surface area contributed by atoms with Gasteiger partial charge in [0.25, 0.3) is 0 Å². The van der Waals surface area contributed by atoms with E-state index in [0.717, 1.165) is 44.9 Å². The number of ether oxygens (including phenoxy) is 2. The number of aliphatic imine (C=N–C) groups is 1. The molecule has 1 fully saturated rings. The fraction of sp³-hybridized carbons (Fsp3) is 0.864. The second-order valence-electron chi connectivity index (χ2n) is 9.02. The molecule has 0 saturated carbocycles. The van der Waals surface area contributed by atoms with Crippen LogP contribution in [0, 0.1) is 5.92 Å². The van der Waals surface area contributed by atoms with Crippen molar-refractivity contribution in [1.29, 1.82) is 0 Å². The Morgan fingerprint density at radius 1 is 1.10 bits per heavy atom. The molecule has 0 aromatic rings. The number of nitrogens with one attached hydrogen (secondary N) is 3. The SMILES string of the molecule is CCNC(=NCCNC(=O)C(C)C)N1CCC(OCCCNC(=O)OC(C)(C)C)CC1. The summed E-state index contributed by atoms with van der Waals surface area (Å²) in [4.78, 5) is 30.2. The van der Waals surface area contributed by atoms with E-state index in [1.54, 1.807) is 0 Å². The standard InChI is InChI=1S/C22H43N5O4/c1-7-23-20(25-13-12-24-19(28)17(2)3)27-14-9-18(10-15-27)30-16-8-11-26-21(29)31-22(4,5)6/h17-18H,7-16H2,1-6H3,(H,23,25)(H,24,28)(H,26,29). The van der Waals surface area contributed by atoms with Crippen molar-refractivity contribution in [3.63, 3.8) is 0 Å². The fourth-order valence-electron chi connectivity index (χ4n) is 3.03. The maximum Gasteiger partial charge on any atom is 0.407 e. The van der Waals surface area contributed by atoms with Crippen LogP contribution in [0.5, 0.6) is 0 Å². The Hall–Kier alpha value is -2.03. The molecule has 31 heavy (non-hydrogen) atoms. The molecular weight excluding hydrogens is 398 g/mol. The van der Waals surface area contributed by atoms with Crippen molar-refractivity contribution in [2.45, 2.75) is 72.5 Å². The first-order valence-corrected chi connectivity index (χ1v) is 11.5. The Balaban J connectivity index is 2.25. The van der Waals surface area contributed by atoms with Gasteiger partial charge in [0, 0.05) is 45.2 Å². The van der Waals surface area contributed by atoms with Crippen LogP contribution in [-0.4, -0.2) is 80.4 Å². The number of piperidine rings is 1. The van der Waals surface area contributed by atoms with E-state index in [9.17, 15) is 9.59 Å². The van der Waals surface area contributed by atoms with Gasteiger partial charge in [-0.25, -0.2) is 4.79 Å². The molecule has 9 heteroatoms. The fourth-order valence-corrected chi connectivity index (χ4v) is 3.03. The zero-order valence-electron chi connectivity index (χ0n) is 20.3. The van der Waals surface area contributed by atoms with Crippen molar-refractivity contribution >= 4 is 18.0 Å². The van der Waals surface area contributed by atoms with Crippen LogP contribution in [0.4, 0.5) is 4.79 Å². The number of rotatable bonds is 10. The van der Waals surface area contributed by atoms with Gasteiger partial charge >= 0.3 is 6.09 Å². The van der Waals surface area contributed by atoms with E-state index in [1.807, 2.05) is 34.6 Å². The lowest BCUT2D eigenvalue weighted by Crippen LogP contribution is -2.47. The number of guanidine groups is 1. The van der Waals surface area contributed by atoms with E-state index in [4.69, 9.17) is 9.47 Å². The van der Waals surface area contributed by atoms with E-state index in [0.29, 0.717) is 26.2 Å². The maximum atomic E-state index is 11.6. The first-order chi connectivity index (χ1) is 14.6. The Labute approximate surface area is 187 Å². The smallest absolute Gasteiger partial charge is 0.407 e. The van der Waals surface area contributed by atoms with Crippen LogP contribution in [0.3, 0.4) is 0 Å². The number of carbonyl (C=O) groups is 2. The summed E-state index contributed by atoms with van der Waals surface area (Å²) < 4.78 is 11.2. The minimum absolute atomic E-state index is 0.00987. The van der Waals surface area contributed by atoms with Gasteiger partial charge in [-0.15, -0.1) is 0 Å². The Morgan fingerprint density at radius 2 is 1.77 bits per heavy atom. The molecule has 1 rings (SSSR count). The lowest BCUT2D eigenvalue weighted by Gasteiger charge is -2.34. The predicted molar refractivity (Wildman–Crippen MR) is 123 cm³/mol. The van der Waals surface area contributed by atoms with Crippen LogP contribution in [0.25, 0.3) is 0 Å². The molecule has 1 aliphatic rings. The third kappa shape index (κ3) is 12.4. The van der Waals surface area contributed by atoms with Gasteiger partial charge in [-0.2, -0.15) is 0 Å². The molecule has 0 atom stereocenters. The highest BCUT2D eigenvalue weighted by Gasteiger charge is 2.22. The van der Waals surface area contributed by atoms with E-state index in [2.05, 4.69) is 32.8 Å². The van der Waals surface area contributed by atoms with Gasteiger partial charge in [0.05, 0.1) is 12.6 Å². The zero-order valence-corrected chi connectivity index (χ0v) is 20.3. The van der Waals surface area contributed by atoms with Crippen molar-refractivity contribution in [3.05, 3.63) is 0 Å². The van der Waals surface area contributed by atoms with Gasteiger partial charge in [-0.1, -0.05) is 13.8 Å². The van der Waals surface area contributed by atoms with Crippen LogP contribution in [0.2, 0.25) is 0 Å². The lowest BCUT2D eigenvalue weighted by molar-refractivity contribution is -0.123. The van der Waals surface area contributed by atoms with E-state index in [-0.39, 0.29) is 24.0 Å². The van der Waals surface area contributed by atoms with Crippen molar-refractivity contribution < 1.29 is 19.1 Å². The normalized spacial score (nSPS) is 15.7. The minimum atomic E-state index is -0.481. The Kier molecular flexibility index (Phi) is 12.3. The zero-order chi connectivity index (χ0) is 23.3. The molecule has 0 bridgehead atoms. The molecule has 180 valence electrons. The summed E-state index contributed by atoms with van der Waals surface area (Å²) in [5.74, 6) is 0.935. The maximum absolute atomic E-state index is 11.6. The van der Waals surface area contributed by atoms with E-state index < -0.39 is 5.60 Å². The summed E-state index contributed by atoms with van der Waals surface area (Å²) in [6.07, 6.45) is 2.47. The highest BCUT2D eigenvalue weighted by Crippen LogP contribution is 2.14. The number of alkyl carbamates (subject to hydrolysis) is 1. The van der Waals surface area contributed by atoms with Gasteiger partial charge in [-0.3, -0.25) is 9.79 Å². The summed E-state index contributed by atoms with van der Waals surface area (Å²) in [5, 5.41) is 8.98. The third-order valence-electron chi connectivity index (χ3n) is 4.62. The highest BCUT2D eigenvalue weighted by molar-refractivity contribution is 5.80. The number of carbonyl (C=O) groups excluding carboxylic acids is 2. The van der Waals surface area contributed by atoms with Crippen molar-refractivity contribution in [2.24, 2.45) is 10.9 Å². The monoisotopic (exact) mass is 441 g/mol. The first kappa shape index (κ1) is 27.0. The Morgan fingerprint density at radius 3 is 2.35 bits per heavy atom. The van der Waals surface area contributed by atoms with Crippen LogP contribution in [0.1, 0.15) is 60.8 Å². The molecule has 2 amide bonds. The van der Waals surface area contributed by atoms with Gasteiger partial charge in [0.15, 0.2) is 5.96 Å². The molecule has 0 unspecified atom stereocenters. The predicted octanol–water partition coefficient (Wildman–Crippen LogP) is 2.12. The van der Waals surface area contributed by atoms with E-state index in [1.165, 1.54) is 0 Å². The molecular formula is C22H43N5O4. The molecule has 1 saturated heterocycles. The number of hydrogen-bond acceptors (Lipinski definition) is 5. The molecule has 9 nitrogen and oxygen atoms in total. The number of hydrogen-bond donors (Lipinski definition) is 3. The minimum Gasteiger partial charge on any atom is -0.444 e. The summed E-state index contributed by atoms with van der Waals surface area (Å²) >= 11 is 0. The molecule has 0 radical (unpaired) electrons. The summed E-state index contributed by atoms with van der Waals surface area (Å²) in [6, 6.07) is 0. The topological polar surface area (TPSA) is 104 Å². The van der Waals surface area contributed by atoms with Gasteiger partial charge < -0.3 is 30.3 Å².